The normalized spacial score (nSPS) is 20.3. The van der Waals surface area contributed by atoms with Gasteiger partial charge in [-0.1, -0.05) is 0 Å². The van der Waals surface area contributed by atoms with E-state index in [2.05, 4.69) is 51.1 Å². The molecule has 3 heterocycles. The van der Waals surface area contributed by atoms with Crippen molar-refractivity contribution in [3.05, 3.63) is 36.2 Å². The zero-order chi connectivity index (χ0) is 21.1. The number of carbonyl (C=O) groups is 1. The minimum atomic E-state index is -0.586. The second-order valence-electron chi connectivity index (χ2n) is 8.29. The first-order chi connectivity index (χ1) is 14.5. The summed E-state index contributed by atoms with van der Waals surface area (Å²) in [4.78, 5) is 27.9. The summed E-state index contributed by atoms with van der Waals surface area (Å²) in [5, 5.41) is 3.26. The number of rotatable bonds is 5. The molecule has 0 spiro atoms. The summed E-state index contributed by atoms with van der Waals surface area (Å²) >= 11 is 0. The highest BCUT2D eigenvalue weighted by atomic mass is 16.1. The first-order valence-electron chi connectivity index (χ1n) is 10.8. The topological polar surface area (TPSA) is 90.6 Å². The lowest BCUT2D eigenvalue weighted by molar-refractivity contribution is 0.0996. The molecule has 1 atom stereocenters. The Labute approximate surface area is 178 Å². The summed E-state index contributed by atoms with van der Waals surface area (Å²) < 4.78 is 0. The second kappa shape index (κ2) is 8.87. The Morgan fingerprint density at radius 2 is 1.83 bits per heavy atom. The van der Waals surface area contributed by atoms with E-state index in [1.165, 1.54) is 12.1 Å². The van der Waals surface area contributed by atoms with Gasteiger partial charge in [0.2, 0.25) is 0 Å². The van der Waals surface area contributed by atoms with E-state index >= 15 is 0 Å². The van der Waals surface area contributed by atoms with Crippen LogP contribution in [-0.4, -0.2) is 66.6 Å². The number of likely N-dealkylation sites (N-methyl/N-ethyl adjacent to an activating group) is 1. The number of piperazine rings is 1. The third kappa shape index (κ3) is 4.48. The number of primary amides is 1. The predicted molar refractivity (Wildman–Crippen MR) is 121 cm³/mol. The lowest BCUT2D eigenvalue weighted by Crippen LogP contribution is -2.44. The van der Waals surface area contributed by atoms with E-state index in [0.29, 0.717) is 11.9 Å². The van der Waals surface area contributed by atoms with Gasteiger partial charge in [-0.25, -0.2) is 9.97 Å². The molecule has 2 aromatic rings. The number of nitrogens with two attached hydrogens (primary N) is 1. The summed E-state index contributed by atoms with van der Waals surface area (Å²) in [6.45, 7) is 7.34. The van der Waals surface area contributed by atoms with Gasteiger partial charge >= 0.3 is 0 Å². The fraction of sp³-hybridized carbons (Fsp3) is 0.500. The smallest absolute Gasteiger partial charge is 0.271 e. The van der Waals surface area contributed by atoms with Gasteiger partial charge in [-0.05, 0) is 57.5 Å². The number of anilines is 4. The van der Waals surface area contributed by atoms with Gasteiger partial charge in [0.15, 0.2) is 11.5 Å². The third-order valence-electron chi connectivity index (χ3n) is 6.09. The maximum absolute atomic E-state index is 11.9. The van der Waals surface area contributed by atoms with E-state index in [4.69, 9.17) is 10.7 Å². The number of aromatic nitrogens is 2. The van der Waals surface area contributed by atoms with Crippen LogP contribution in [0, 0.1) is 0 Å². The zero-order valence-electron chi connectivity index (χ0n) is 17.8. The lowest BCUT2D eigenvalue weighted by atomic mass is 10.0. The van der Waals surface area contributed by atoms with Crippen LogP contribution in [0.2, 0.25) is 0 Å². The molecule has 160 valence electrons. The monoisotopic (exact) mass is 409 g/mol. The van der Waals surface area contributed by atoms with Crippen molar-refractivity contribution in [3.63, 3.8) is 0 Å². The number of nitrogens with one attached hydrogen (secondary N) is 1. The van der Waals surface area contributed by atoms with Gasteiger partial charge in [0, 0.05) is 50.1 Å². The number of hydrogen-bond donors (Lipinski definition) is 2. The maximum atomic E-state index is 11.9. The van der Waals surface area contributed by atoms with E-state index in [9.17, 15) is 4.79 Å². The molecule has 4 rings (SSSR count). The molecule has 8 nitrogen and oxygen atoms in total. The lowest BCUT2D eigenvalue weighted by Gasteiger charge is -2.34. The molecule has 2 aliphatic heterocycles. The second-order valence-corrected chi connectivity index (χ2v) is 8.29. The van der Waals surface area contributed by atoms with Crippen LogP contribution >= 0.6 is 0 Å². The van der Waals surface area contributed by atoms with Crippen molar-refractivity contribution < 1.29 is 4.79 Å². The van der Waals surface area contributed by atoms with Crippen molar-refractivity contribution >= 4 is 28.9 Å². The van der Waals surface area contributed by atoms with E-state index in [-0.39, 0.29) is 5.69 Å². The number of hydrogen-bond acceptors (Lipinski definition) is 7. The summed E-state index contributed by atoms with van der Waals surface area (Å²) in [6, 6.07) is 8.62. The molecule has 30 heavy (non-hydrogen) atoms. The number of amides is 1. The molecule has 1 aromatic heterocycles. The average Bonchev–Trinajstić information content (AvgIpc) is 2.75. The van der Waals surface area contributed by atoms with Gasteiger partial charge in [0.25, 0.3) is 5.91 Å². The van der Waals surface area contributed by atoms with Gasteiger partial charge in [-0.15, -0.1) is 0 Å². The molecule has 3 N–H and O–H groups in total. The van der Waals surface area contributed by atoms with Crippen molar-refractivity contribution in [1.82, 2.24) is 14.9 Å². The van der Waals surface area contributed by atoms with Gasteiger partial charge in [-0.3, -0.25) is 4.79 Å². The number of piperidine rings is 1. The number of carbonyl (C=O) groups excluding carboxylic acids is 1. The van der Waals surface area contributed by atoms with Gasteiger partial charge in [0.05, 0.1) is 6.20 Å². The van der Waals surface area contributed by atoms with Crippen molar-refractivity contribution in [2.75, 3.05) is 54.9 Å². The fourth-order valence-electron chi connectivity index (χ4n) is 4.18. The van der Waals surface area contributed by atoms with Crippen LogP contribution in [0.15, 0.2) is 30.5 Å². The van der Waals surface area contributed by atoms with Crippen LogP contribution in [0.5, 0.6) is 0 Å². The predicted octanol–water partition coefficient (Wildman–Crippen LogP) is 2.45. The van der Waals surface area contributed by atoms with Crippen LogP contribution in [0.25, 0.3) is 0 Å². The molecule has 1 aromatic carbocycles. The first kappa shape index (κ1) is 20.4. The summed E-state index contributed by atoms with van der Waals surface area (Å²) in [6.07, 6.45) is 5.16. The molecule has 1 amide bonds. The molecular weight excluding hydrogens is 378 g/mol. The van der Waals surface area contributed by atoms with Crippen molar-refractivity contribution in [1.29, 1.82) is 0 Å². The van der Waals surface area contributed by atoms with Gasteiger partial charge < -0.3 is 25.8 Å². The molecule has 0 aliphatic carbocycles. The summed E-state index contributed by atoms with van der Waals surface area (Å²) in [7, 11) is 2.15. The molecule has 2 saturated heterocycles. The molecular formula is C22H31N7O. The minimum Gasteiger partial charge on any atom is -0.369 e. The molecule has 0 bridgehead atoms. The Bertz CT molecular complexity index is 878. The Hall–Kier alpha value is -2.87. The van der Waals surface area contributed by atoms with Crippen LogP contribution < -0.4 is 20.9 Å². The van der Waals surface area contributed by atoms with Gasteiger partial charge in [0.1, 0.15) is 5.82 Å². The van der Waals surface area contributed by atoms with Gasteiger partial charge in [-0.2, -0.15) is 0 Å². The summed E-state index contributed by atoms with van der Waals surface area (Å²) in [5.41, 5.74) is 7.76. The Morgan fingerprint density at radius 1 is 1.10 bits per heavy atom. The molecule has 8 heteroatoms. The minimum absolute atomic E-state index is 0.159. The molecule has 1 unspecified atom stereocenters. The van der Waals surface area contributed by atoms with Crippen molar-refractivity contribution in [2.24, 2.45) is 5.73 Å². The largest absolute Gasteiger partial charge is 0.369 e. The third-order valence-corrected chi connectivity index (χ3v) is 6.09. The molecule has 0 radical (unpaired) electrons. The SMILES string of the molecule is CC1CCCCN1c1cnc(C(N)=O)c(Nc2ccc(N3CCN(C)CC3)cc2)n1. The van der Waals surface area contributed by atoms with Crippen LogP contribution in [-0.2, 0) is 0 Å². The standard InChI is InChI=1S/C22H31N7O/c1-16-5-3-4-10-29(16)19-15-24-20(21(23)30)22(26-19)25-17-6-8-18(9-7-17)28-13-11-27(2)12-14-28/h6-9,15-16H,3-5,10-14H2,1-2H3,(H2,23,30)(H,25,26). The van der Waals surface area contributed by atoms with E-state index < -0.39 is 5.91 Å². The molecule has 0 saturated carbocycles. The highest BCUT2D eigenvalue weighted by Gasteiger charge is 2.22. The van der Waals surface area contributed by atoms with Crippen molar-refractivity contribution in [2.45, 2.75) is 32.2 Å². The van der Waals surface area contributed by atoms with Crippen LogP contribution in [0.1, 0.15) is 36.7 Å². The maximum Gasteiger partial charge on any atom is 0.271 e. The highest BCUT2D eigenvalue weighted by molar-refractivity contribution is 5.96. The van der Waals surface area contributed by atoms with Crippen LogP contribution in [0.3, 0.4) is 0 Å². The van der Waals surface area contributed by atoms with E-state index in [1.54, 1.807) is 6.20 Å². The molecule has 2 fully saturated rings. The number of benzene rings is 1. The first-order valence-corrected chi connectivity index (χ1v) is 10.8. The Balaban J connectivity index is 1.53. The Morgan fingerprint density at radius 3 is 2.50 bits per heavy atom. The fourth-order valence-corrected chi connectivity index (χ4v) is 4.18. The zero-order valence-corrected chi connectivity index (χ0v) is 17.8. The van der Waals surface area contributed by atoms with Crippen molar-refractivity contribution in [3.8, 4) is 0 Å². The Kier molecular flexibility index (Phi) is 6.03. The summed E-state index contributed by atoms with van der Waals surface area (Å²) in [5.74, 6) is 0.603. The van der Waals surface area contributed by atoms with E-state index in [1.807, 2.05) is 12.1 Å². The quantitative estimate of drug-likeness (QED) is 0.784. The highest BCUT2D eigenvalue weighted by Crippen LogP contribution is 2.27. The molecule has 2 aliphatic rings. The average molecular weight is 410 g/mol. The van der Waals surface area contributed by atoms with Crippen LogP contribution in [0.4, 0.5) is 23.0 Å². The number of nitrogens with zero attached hydrogens (tertiary/aromatic N) is 5. The van der Waals surface area contributed by atoms with E-state index in [0.717, 1.165) is 57.1 Å².